The molecule has 0 spiro atoms. The molecular formula is C12H17ClIN3OSi. The summed E-state index contributed by atoms with van der Waals surface area (Å²) in [7, 11) is -1.04. The van der Waals surface area contributed by atoms with E-state index in [9.17, 15) is 0 Å². The first-order valence-electron chi connectivity index (χ1n) is 6.11. The minimum Gasteiger partial charge on any atom is -0.361 e. The SMILES string of the molecule is C[Si](C)(C)CCOCn1cnc(Cl)c2c(I)cnc1-2. The number of hydrogen-bond donors (Lipinski definition) is 0. The first-order valence-corrected chi connectivity index (χ1v) is 11.3. The second-order valence-corrected chi connectivity index (χ2v) is 12.8. The van der Waals surface area contributed by atoms with Crippen molar-refractivity contribution < 1.29 is 4.74 Å². The molecule has 0 atom stereocenters. The van der Waals surface area contributed by atoms with E-state index in [1.54, 1.807) is 12.5 Å². The van der Waals surface area contributed by atoms with E-state index in [0.717, 1.165) is 27.6 Å². The van der Waals surface area contributed by atoms with Crippen LogP contribution < -0.4 is 0 Å². The molecule has 0 aromatic heterocycles. The van der Waals surface area contributed by atoms with Crippen LogP contribution in [0.3, 0.4) is 0 Å². The van der Waals surface area contributed by atoms with Crippen molar-refractivity contribution >= 4 is 42.3 Å². The van der Waals surface area contributed by atoms with Gasteiger partial charge in [-0.25, -0.2) is 9.97 Å². The summed E-state index contributed by atoms with van der Waals surface area (Å²) >= 11 is 8.31. The molecule has 4 nitrogen and oxygen atoms in total. The number of ether oxygens (including phenoxy) is 1. The van der Waals surface area contributed by atoms with Gasteiger partial charge in [-0.05, 0) is 28.6 Å². The van der Waals surface area contributed by atoms with Crippen molar-refractivity contribution in [1.82, 2.24) is 14.5 Å². The predicted octanol–water partition coefficient (Wildman–Crippen LogP) is 3.95. The first kappa shape index (κ1) is 15.2. The Balaban J connectivity index is 2.03. The number of halogens is 2. The molecule has 0 radical (unpaired) electrons. The van der Waals surface area contributed by atoms with Gasteiger partial charge in [0.2, 0.25) is 0 Å². The number of aromatic nitrogens is 3. The van der Waals surface area contributed by atoms with Crippen LogP contribution in [0.4, 0.5) is 0 Å². The maximum Gasteiger partial charge on any atom is 0.147 e. The van der Waals surface area contributed by atoms with E-state index in [4.69, 9.17) is 16.3 Å². The molecule has 0 aromatic rings. The van der Waals surface area contributed by atoms with Gasteiger partial charge in [-0.3, -0.25) is 4.57 Å². The molecule has 0 saturated carbocycles. The highest BCUT2D eigenvalue weighted by Gasteiger charge is 2.18. The lowest BCUT2D eigenvalue weighted by Crippen LogP contribution is -2.22. The highest BCUT2D eigenvalue weighted by molar-refractivity contribution is 14.1. The number of hydrogen-bond acceptors (Lipinski definition) is 3. The highest BCUT2D eigenvalue weighted by atomic mass is 127. The van der Waals surface area contributed by atoms with Gasteiger partial charge >= 0.3 is 0 Å². The van der Waals surface area contributed by atoms with Crippen LogP contribution in [0, 0.1) is 3.57 Å². The van der Waals surface area contributed by atoms with Crippen LogP contribution in [0.2, 0.25) is 30.8 Å². The third-order valence-corrected chi connectivity index (χ3v) is 5.59. The molecule has 2 rings (SSSR count). The molecule has 0 fully saturated rings. The Morgan fingerprint density at radius 3 is 2.79 bits per heavy atom. The molecule has 19 heavy (non-hydrogen) atoms. The van der Waals surface area contributed by atoms with Gasteiger partial charge in [0, 0.05) is 24.4 Å². The molecule has 0 amide bonds. The van der Waals surface area contributed by atoms with Crippen molar-refractivity contribution in [3.05, 3.63) is 21.2 Å². The molecule has 0 aliphatic carbocycles. The van der Waals surface area contributed by atoms with E-state index >= 15 is 0 Å². The van der Waals surface area contributed by atoms with Gasteiger partial charge in [-0.1, -0.05) is 31.2 Å². The van der Waals surface area contributed by atoms with Gasteiger partial charge < -0.3 is 4.74 Å². The van der Waals surface area contributed by atoms with Crippen LogP contribution in [0.1, 0.15) is 0 Å². The molecule has 7 heteroatoms. The molecule has 2 heterocycles. The van der Waals surface area contributed by atoms with Crippen LogP contribution in [-0.4, -0.2) is 29.2 Å². The van der Waals surface area contributed by atoms with Gasteiger partial charge in [0.25, 0.3) is 0 Å². The second kappa shape index (κ2) is 6.07. The van der Waals surface area contributed by atoms with Gasteiger partial charge in [0.15, 0.2) is 0 Å². The van der Waals surface area contributed by atoms with Crippen molar-refractivity contribution in [3.8, 4) is 11.4 Å². The Morgan fingerprint density at radius 1 is 1.37 bits per heavy atom. The van der Waals surface area contributed by atoms with Crippen molar-refractivity contribution in [2.24, 2.45) is 0 Å². The predicted molar refractivity (Wildman–Crippen MR) is 88.5 cm³/mol. The average molecular weight is 410 g/mol. The van der Waals surface area contributed by atoms with Crippen molar-refractivity contribution in [2.75, 3.05) is 6.61 Å². The fraction of sp³-hybridized carbons (Fsp3) is 0.500. The second-order valence-electron chi connectivity index (χ2n) is 5.66. The van der Waals surface area contributed by atoms with Crippen LogP contribution in [0.5, 0.6) is 0 Å². The normalized spacial score (nSPS) is 12.3. The zero-order valence-corrected chi connectivity index (χ0v) is 15.2. The van der Waals surface area contributed by atoms with Crippen LogP contribution in [-0.2, 0) is 11.5 Å². The lowest BCUT2D eigenvalue weighted by atomic mass is 10.3. The Labute approximate surface area is 133 Å². The number of rotatable bonds is 5. The minimum atomic E-state index is -1.04. The topological polar surface area (TPSA) is 39.9 Å². The molecule has 0 saturated heterocycles. The molecular weight excluding hydrogens is 393 g/mol. The summed E-state index contributed by atoms with van der Waals surface area (Å²) in [4.78, 5) is 8.55. The first-order chi connectivity index (χ1) is 8.88. The molecule has 0 bridgehead atoms. The Bertz CT molecular complexity index is 541. The Morgan fingerprint density at radius 2 is 2.11 bits per heavy atom. The molecule has 104 valence electrons. The Hall–Kier alpha value is -0.183. The van der Waals surface area contributed by atoms with E-state index in [2.05, 4.69) is 52.2 Å². The van der Waals surface area contributed by atoms with E-state index in [1.165, 1.54) is 0 Å². The van der Waals surface area contributed by atoms with Gasteiger partial charge in [-0.15, -0.1) is 0 Å². The summed E-state index contributed by atoms with van der Waals surface area (Å²) in [6, 6.07) is 1.16. The maximum absolute atomic E-state index is 6.09. The lowest BCUT2D eigenvalue weighted by molar-refractivity contribution is 0.0867. The molecule has 0 aromatic carbocycles. The third kappa shape index (κ3) is 3.90. The van der Waals surface area contributed by atoms with E-state index in [-0.39, 0.29) is 0 Å². The fourth-order valence-corrected chi connectivity index (χ4v) is 3.42. The summed E-state index contributed by atoms with van der Waals surface area (Å²) in [5.74, 6) is 0.831. The highest BCUT2D eigenvalue weighted by Crippen LogP contribution is 2.31. The summed E-state index contributed by atoms with van der Waals surface area (Å²) < 4.78 is 8.64. The van der Waals surface area contributed by atoms with Crippen LogP contribution in [0.15, 0.2) is 12.5 Å². The van der Waals surface area contributed by atoms with Crippen molar-refractivity contribution in [1.29, 1.82) is 0 Å². The number of nitrogens with zero attached hydrogens (tertiary/aromatic N) is 3. The molecule has 2 aliphatic rings. The van der Waals surface area contributed by atoms with Crippen molar-refractivity contribution in [3.63, 3.8) is 0 Å². The smallest absolute Gasteiger partial charge is 0.147 e. The minimum absolute atomic E-state index is 0.470. The molecule has 0 N–H and O–H groups in total. The quantitative estimate of drug-likeness (QED) is 0.325. The zero-order chi connectivity index (χ0) is 14.0. The monoisotopic (exact) mass is 409 g/mol. The Kier molecular flexibility index (Phi) is 4.86. The largest absolute Gasteiger partial charge is 0.361 e. The van der Waals surface area contributed by atoms with E-state index in [1.807, 2.05) is 4.57 Å². The van der Waals surface area contributed by atoms with E-state index < -0.39 is 8.07 Å². The fourth-order valence-electron chi connectivity index (χ4n) is 1.64. The summed E-state index contributed by atoms with van der Waals surface area (Å²) in [5, 5.41) is 0.496. The average Bonchev–Trinajstić information content (AvgIpc) is 2.69. The van der Waals surface area contributed by atoms with Gasteiger partial charge in [0.05, 0.1) is 11.9 Å². The van der Waals surface area contributed by atoms with Gasteiger partial charge in [0.1, 0.15) is 17.7 Å². The lowest BCUT2D eigenvalue weighted by Gasteiger charge is -2.17. The van der Waals surface area contributed by atoms with Crippen LogP contribution in [0.25, 0.3) is 11.4 Å². The summed E-state index contributed by atoms with van der Waals surface area (Å²) in [6.07, 6.45) is 3.49. The van der Waals surface area contributed by atoms with Crippen LogP contribution >= 0.6 is 34.2 Å². The standard InChI is InChI=1S/C12H17ClIN3OSi/c1-19(2,3)5-4-18-8-17-7-16-11(13)10-9(14)6-15-12(10)17/h6-7H,4-5,8H2,1-3H3. The third-order valence-electron chi connectivity index (χ3n) is 2.78. The molecule has 2 aliphatic heterocycles. The summed E-state index contributed by atoms with van der Waals surface area (Å²) in [5.41, 5.74) is 0.901. The van der Waals surface area contributed by atoms with Crippen molar-refractivity contribution in [2.45, 2.75) is 32.4 Å². The van der Waals surface area contributed by atoms with Gasteiger partial charge in [-0.2, -0.15) is 0 Å². The summed E-state index contributed by atoms with van der Waals surface area (Å²) in [6.45, 7) is 8.27. The zero-order valence-electron chi connectivity index (χ0n) is 11.3. The number of fused-ring (bicyclic) bond motifs is 1. The molecule has 0 unspecified atom stereocenters. The van der Waals surface area contributed by atoms with E-state index in [0.29, 0.717) is 11.9 Å². The maximum atomic E-state index is 6.09.